The van der Waals surface area contributed by atoms with Crippen LogP contribution in [0.1, 0.15) is 5.56 Å². The summed E-state index contributed by atoms with van der Waals surface area (Å²) in [6.45, 7) is 0. The first-order chi connectivity index (χ1) is 9.24. The van der Waals surface area contributed by atoms with Crippen molar-refractivity contribution in [3.8, 4) is 5.75 Å². The molecule has 6 heteroatoms. The standard InChI is InChI=1S/C13H14BrNO3S/c1-17-13(16)18-10-2-3-12-11(6-10)9(7-15-12)8-19-5-4-14/h2-3,6-7,15H,4-5,8H2,1H3. The zero-order chi connectivity index (χ0) is 13.7. The maximum Gasteiger partial charge on any atom is 0.513 e. The second-order valence-corrected chi connectivity index (χ2v) is 5.72. The second kappa shape index (κ2) is 6.86. The predicted octanol–water partition coefficient (Wildman–Crippen LogP) is 3.94. The zero-order valence-electron chi connectivity index (χ0n) is 10.4. The Morgan fingerprint density at radius 3 is 3.05 bits per heavy atom. The van der Waals surface area contributed by atoms with Gasteiger partial charge in [-0.2, -0.15) is 11.8 Å². The van der Waals surface area contributed by atoms with Gasteiger partial charge < -0.3 is 14.5 Å². The first-order valence-corrected chi connectivity index (χ1v) is 8.01. The van der Waals surface area contributed by atoms with E-state index in [2.05, 4.69) is 25.7 Å². The molecule has 2 rings (SSSR count). The smallest absolute Gasteiger partial charge is 0.437 e. The molecule has 0 fully saturated rings. The number of carbonyl (C=O) groups excluding carboxylic acids is 1. The fraction of sp³-hybridized carbons (Fsp3) is 0.308. The van der Waals surface area contributed by atoms with Gasteiger partial charge in [0.25, 0.3) is 0 Å². The van der Waals surface area contributed by atoms with Gasteiger partial charge in [0, 0.05) is 33.9 Å². The highest BCUT2D eigenvalue weighted by atomic mass is 79.9. The molecule has 0 aliphatic heterocycles. The SMILES string of the molecule is COC(=O)Oc1ccc2[nH]cc(CSCCBr)c2c1. The fourth-order valence-electron chi connectivity index (χ4n) is 1.71. The van der Waals surface area contributed by atoms with E-state index in [1.165, 1.54) is 12.7 Å². The molecule has 0 saturated carbocycles. The van der Waals surface area contributed by atoms with Gasteiger partial charge in [-0.1, -0.05) is 15.9 Å². The van der Waals surface area contributed by atoms with Crippen molar-refractivity contribution in [2.75, 3.05) is 18.2 Å². The molecule has 19 heavy (non-hydrogen) atoms. The number of carbonyl (C=O) groups is 1. The van der Waals surface area contributed by atoms with Crippen molar-refractivity contribution in [2.24, 2.45) is 0 Å². The molecule has 0 bridgehead atoms. The molecule has 1 heterocycles. The molecule has 0 radical (unpaired) electrons. The number of hydrogen-bond acceptors (Lipinski definition) is 4. The highest BCUT2D eigenvalue weighted by Crippen LogP contribution is 2.26. The van der Waals surface area contributed by atoms with Gasteiger partial charge in [0.2, 0.25) is 0 Å². The summed E-state index contributed by atoms with van der Waals surface area (Å²) in [7, 11) is 1.29. The molecular weight excluding hydrogens is 330 g/mol. The summed E-state index contributed by atoms with van der Waals surface area (Å²) in [5.41, 5.74) is 2.24. The minimum atomic E-state index is -0.704. The molecule has 1 aromatic carbocycles. The summed E-state index contributed by atoms with van der Waals surface area (Å²) >= 11 is 5.26. The van der Waals surface area contributed by atoms with Gasteiger partial charge in [0.05, 0.1) is 7.11 Å². The molecule has 0 saturated heterocycles. The number of hydrogen-bond donors (Lipinski definition) is 1. The number of halogens is 1. The van der Waals surface area contributed by atoms with Crippen LogP contribution in [-0.4, -0.2) is 29.3 Å². The fourth-order valence-corrected chi connectivity index (χ4v) is 3.11. The van der Waals surface area contributed by atoms with E-state index < -0.39 is 6.16 Å². The van der Waals surface area contributed by atoms with Crippen molar-refractivity contribution in [1.29, 1.82) is 0 Å². The molecule has 4 nitrogen and oxygen atoms in total. The van der Waals surface area contributed by atoms with Crippen LogP contribution in [0.5, 0.6) is 5.75 Å². The van der Waals surface area contributed by atoms with Gasteiger partial charge in [0.15, 0.2) is 0 Å². The number of methoxy groups -OCH3 is 1. The van der Waals surface area contributed by atoms with Crippen LogP contribution in [0.25, 0.3) is 10.9 Å². The number of aromatic nitrogens is 1. The largest absolute Gasteiger partial charge is 0.513 e. The minimum absolute atomic E-state index is 0.491. The molecule has 0 amide bonds. The minimum Gasteiger partial charge on any atom is -0.437 e. The number of nitrogens with one attached hydrogen (secondary N) is 1. The van der Waals surface area contributed by atoms with E-state index in [4.69, 9.17) is 4.74 Å². The molecule has 0 spiro atoms. The van der Waals surface area contributed by atoms with Crippen molar-refractivity contribution in [3.05, 3.63) is 30.0 Å². The van der Waals surface area contributed by atoms with Crippen LogP contribution >= 0.6 is 27.7 Å². The van der Waals surface area contributed by atoms with Crippen molar-refractivity contribution in [2.45, 2.75) is 5.75 Å². The summed E-state index contributed by atoms with van der Waals surface area (Å²) < 4.78 is 9.51. The molecule has 2 aromatic rings. The van der Waals surface area contributed by atoms with Gasteiger partial charge in [-0.3, -0.25) is 0 Å². The van der Waals surface area contributed by atoms with Crippen molar-refractivity contribution in [1.82, 2.24) is 4.98 Å². The van der Waals surface area contributed by atoms with Crippen LogP contribution in [0.15, 0.2) is 24.4 Å². The predicted molar refractivity (Wildman–Crippen MR) is 81.3 cm³/mol. The lowest BCUT2D eigenvalue weighted by atomic mass is 10.2. The third kappa shape index (κ3) is 3.67. The van der Waals surface area contributed by atoms with Gasteiger partial charge in [-0.25, -0.2) is 4.79 Å². The number of benzene rings is 1. The molecule has 1 aromatic heterocycles. The van der Waals surface area contributed by atoms with Crippen molar-refractivity contribution < 1.29 is 14.3 Å². The maximum absolute atomic E-state index is 11.1. The van der Waals surface area contributed by atoms with E-state index in [-0.39, 0.29) is 0 Å². The van der Waals surface area contributed by atoms with Gasteiger partial charge in [0.1, 0.15) is 5.75 Å². The van der Waals surface area contributed by atoms with Gasteiger partial charge >= 0.3 is 6.16 Å². The van der Waals surface area contributed by atoms with Crippen LogP contribution in [0, 0.1) is 0 Å². The van der Waals surface area contributed by atoms with Crippen LogP contribution in [-0.2, 0) is 10.5 Å². The van der Waals surface area contributed by atoms with Crippen LogP contribution in [0.4, 0.5) is 4.79 Å². The normalized spacial score (nSPS) is 10.6. The summed E-state index contributed by atoms with van der Waals surface area (Å²) in [5.74, 6) is 2.48. The summed E-state index contributed by atoms with van der Waals surface area (Å²) in [5, 5.41) is 2.06. The topological polar surface area (TPSA) is 51.3 Å². The van der Waals surface area contributed by atoms with E-state index in [0.29, 0.717) is 5.75 Å². The molecule has 0 aliphatic rings. The van der Waals surface area contributed by atoms with Crippen LogP contribution in [0.3, 0.4) is 0 Å². The maximum atomic E-state index is 11.1. The first-order valence-electron chi connectivity index (χ1n) is 5.74. The average molecular weight is 344 g/mol. The van der Waals surface area contributed by atoms with Crippen molar-refractivity contribution >= 4 is 44.8 Å². The molecule has 1 N–H and O–H groups in total. The van der Waals surface area contributed by atoms with E-state index in [1.54, 1.807) is 6.07 Å². The number of H-pyrrole nitrogens is 1. The Balaban J connectivity index is 2.19. The highest BCUT2D eigenvalue weighted by molar-refractivity contribution is 9.09. The Bertz CT molecular complexity index is 570. The van der Waals surface area contributed by atoms with Crippen LogP contribution in [0.2, 0.25) is 0 Å². The van der Waals surface area contributed by atoms with Gasteiger partial charge in [-0.15, -0.1) is 0 Å². The lowest BCUT2D eigenvalue weighted by molar-refractivity contribution is 0.121. The Labute approximate surface area is 124 Å². The molecule has 0 atom stereocenters. The number of thioether (sulfide) groups is 1. The number of alkyl halides is 1. The average Bonchev–Trinajstić information content (AvgIpc) is 2.82. The van der Waals surface area contributed by atoms with Crippen LogP contribution < -0.4 is 4.74 Å². The van der Waals surface area contributed by atoms with E-state index in [0.717, 1.165) is 27.7 Å². The molecule has 0 unspecified atom stereocenters. The quantitative estimate of drug-likeness (QED) is 0.386. The summed E-state index contributed by atoms with van der Waals surface area (Å²) in [6, 6.07) is 5.49. The molecule has 0 aliphatic carbocycles. The number of aromatic amines is 1. The number of ether oxygens (including phenoxy) is 2. The zero-order valence-corrected chi connectivity index (χ0v) is 12.8. The lowest BCUT2D eigenvalue weighted by Crippen LogP contribution is -2.06. The van der Waals surface area contributed by atoms with E-state index in [1.807, 2.05) is 30.1 Å². The monoisotopic (exact) mass is 343 g/mol. The molecular formula is C13H14BrNO3S. The summed E-state index contributed by atoms with van der Waals surface area (Å²) in [4.78, 5) is 14.3. The third-order valence-corrected chi connectivity index (χ3v) is 4.52. The Kier molecular flexibility index (Phi) is 5.15. The van der Waals surface area contributed by atoms with E-state index >= 15 is 0 Å². The Morgan fingerprint density at radius 2 is 2.32 bits per heavy atom. The highest BCUT2D eigenvalue weighted by Gasteiger charge is 2.08. The third-order valence-electron chi connectivity index (χ3n) is 2.59. The van der Waals surface area contributed by atoms with Gasteiger partial charge in [-0.05, 0) is 23.8 Å². The summed E-state index contributed by atoms with van der Waals surface area (Å²) in [6.07, 6.45) is 1.29. The van der Waals surface area contributed by atoms with Crippen molar-refractivity contribution in [3.63, 3.8) is 0 Å². The number of fused-ring (bicyclic) bond motifs is 1. The number of rotatable bonds is 5. The van der Waals surface area contributed by atoms with E-state index in [9.17, 15) is 4.79 Å². The molecule has 102 valence electrons. The second-order valence-electron chi connectivity index (χ2n) is 3.82. The Morgan fingerprint density at radius 1 is 1.47 bits per heavy atom. The first kappa shape index (κ1) is 14.3. The Hall–Kier alpha value is -1.14. The lowest BCUT2D eigenvalue weighted by Gasteiger charge is -2.03.